The van der Waals surface area contributed by atoms with Crippen LogP contribution in [-0.4, -0.2) is 6.61 Å². The maximum absolute atomic E-state index is 6.04. The number of rotatable bonds is 22. The van der Waals surface area contributed by atoms with Crippen LogP contribution >= 0.6 is 45.2 Å². The molecule has 0 fully saturated rings. The average molecular weight is 669 g/mol. The van der Waals surface area contributed by atoms with Gasteiger partial charge in [-0.05, 0) is 76.2 Å². The SMILES string of the molecule is CCCCCCCCCCCCCCCCCCCCCCOc1c(I)cc(C)cc1I. The molecular formula is C29H50I2O. The van der Waals surface area contributed by atoms with Gasteiger partial charge in [-0.1, -0.05) is 129 Å². The first-order valence-electron chi connectivity index (χ1n) is 13.7. The van der Waals surface area contributed by atoms with Crippen LogP contribution in [0.15, 0.2) is 12.1 Å². The van der Waals surface area contributed by atoms with Crippen molar-refractivity contribution < 1.29 is 4.74 Å². The Morgan fingerprint density at radius 1 is 0.531 bits per heavy atom. The summed E-state index contributed by atoms with van der Waals surface area (Å²) in [5, 5.41) is 0. The van der Waals surface area contributed by atoms with Crippen LogP contribution in [0.5, 0.6) is 5.75 Å². The summed E-state index contributed by atoms with van der Waals surface area (Å²) in [7, 11) is 0. The van der Waals surface area contributed by atoms with Gasteiger partial charge in [-0.3, -0.25) is 0 Å². The van der Waals surface area contributed by atoms with Gasteiger partial charge < -0.3 is 4.74 Å². The number of aryl methyl sites for hydroxylation is 1. The van der Waals surface area contributed by atoms with Crippen molar-refractivity contribution in [1.29, 1.82) is 0 Å². The van der Waals surface area contributed by atoms with E-state index in [9.17, 15) is 0 Å². The predicted octanol–water partition coefficient (Wildman–Crippen LogP) is 11.4. The molecule has 1 rings (SSSR count). The van der Waals surface area contributed by atoms with Crippen molar-refractivity contribution in [2.45, 2.75) is 142 Å². The van der Waals surface area contributed by atoms with Gasteiger partial charge in [0, 0.05) is 0 Å². The van der Waals surface area contributed by atoms with E-state index in [1.54, 1.807) is 0 Å². The Balaban J connectivity index is 1.77. The minimum absolute atomic E-state index is 0.855. The number of ether oxygens (including phenoxy) is 1. The van der Waals surface area contributed by atoms with Crippen molar-refractivity contribution in [3.63, 3.8) is 0 Å². The summed E-state index contributed by atoms with van der Waals surface area (Å²) in [6, 6.07) is 4.41. The van der Waals surface area contributed by atoms with E-state index in [-0.39, 0.29) is 0 Å². The first-order chi connectivity index (χ1) is 15.6. The van der Waals surface area contributed by atoms with Crippen molar-refractivity contribution in [3.8, 4) is 5.75 Å². The van der Waals surface area contributed by atoms with Gasteiger partial charge in [0.2, 0.25) is 0 Å². The molecule has 0 amide bonds. The lowest BCUT2D eigenvalue weighted by Crippen LogP contribution is -2.01. The number of halogens is 2. The highest BCUT2D eigenvalue weighted by molar-refractivity contribution is 14.1. The van der Waals surface area contributed by atoms with Gasteiger partial charge in [-0.15, -0.1) is 0 Å². The van der Waals surface area contributed by atoms with Crippen LogP contribution in [0.4, 0.5) is 0 Å². The van der Waals surface area contributed by atoms with Gasteiger partial charge in [0.25, 0.3) is 0 Å². The number of benzene rings is 1. The van der Waals surface area contributed by atoms with E-state index < -0.39 is 0 Å². The van der Waals surface area contributed by atoms with E-state index in [0.717, 1.165) is 12.4 Å². The van der Waals surface area contributed by atoms with E-state index in [2.05, 4.69) is 71.2 Å². The number of hydrogen-bond donors (Lipinski definition) is 0. The second-order valence-corrected chi connectivity index (χ2v) is 11.9. The molecule has 0 bridgehead atoms. The molecule has 0 atom stereocenters. The van der Waals surface area contributed by atoms with E-state index in [1.165, 1.54) is 141 Å². The molecule has 0 spiro atoms. The van der Waals surface area contributed by atoms with Crippen LogP contribution in [0.1, 0.15) is 141 Å². The highest BCUT2D eigenvalue weighted by Gasteiger charge is 2.07. The first kappa shape index (κ1) is 30.5. The molecule has 32 heavy (non-hydrogen) atoms. The minimum Gasteiger partial charge on any atom is -0.491 e. The molecule has 0 unspecified atom stereocenters. The largest absolute Gasteiger partial charge is 0.491 e. The lowest BCUT2D eigenvalue weighted by molar-refractivity contribution is 0.300. The molecule has 186 valence electrons. The molecular weight excluding hydrogens is 618 g/mol. The fraction of sp³-hybridized carbons (Fsp3) is 0.793. The molecule has 1 nitrogen and oxygen atoms in total. The zero-order valence-electron chi connectivity index (χ0n) is 21.2. The van der Waals surface area contributed by atoms with Gasteiger partial charge in [0.05, 0.1) is 13.7 Å². The van der Waals surface area contributed by atoms with E-state index in [0.29, 0.717) is 0 Å². The Morgan fingerprint density at radius 2 is 0.844 bits per heavy atom. The zero-order chi connectivity index (χ0) is 23.3. The normalized spacial score (nSPS) is 11.2. The molecule has 0 aromatic heterocycles. The molecule has 1 aromatic rings. The van der Waals surface area contributed by atoms with Crippen molar-refractivity contribution in [2.24, 2.45) is 0 Å². The van der Waals surface area contributed by atoms with Gasteiger partial charge in [-0.2, -0.15) is 0 Å². The lowest BCUT2D eigenvalue weighted by Gasteiger charge is -2.11. The molecule has 0 heterocycles. The third-order valence-electron chi connectivity index (χ3n) is 6.39. The third kappa shape index (κ3) is 17.0. The standard InChI is InChI=1S/C29H50I2O/c1-3-4-5-6-7-8-9-10-11-12-13-14-15-16-17-18-19-20-21-22-23-32-29-27(30)24-26(2)25-28(29)31/h24-25H,3-23H2,1-2H3. The fourth-order valence-corrected chi connectivity index (χ4v) is 6.75. The Bertz CT molecular complexity index is 535. The minimum atomic E-state index is 0.855. The second-order valence-electron chi connectivity index (χ2n) is 9.62. The van der Waals surface area contributed by atoms with Gasteiger partial charge in [-0.25, -0.2) is 0 Å². The van der Waals surface area contributed by atoms with Crippen LogP contribution in [0.2, 0.25) is 0 Å². The van der Waals surface area contributed by atoms with Gasteiger partial charge in [0.1, 0.15) is 5.75 Å². The van der Waals surface area contributed by atoms with Crippen molar-refractivity contribution in [1.82, 2.24) is 0 Å². The summed E-state index contributed by atoms with van der Waals surface area (Å²) in [5.74, 6) is 1.08. The molecule has 3 heteroatoms. The van der Waals surface area contributed by atoms with Crippen molar-refractivity contribution in [2.75, 3.05) is 6.61 Å². The molecule has 0 radical (unpaired) electrons. The Labute approximate surface area is 227 Å². The molecule has 0 aliphatic carbocycles. The monoisotopic (exact) mass is 668 g/mol. The van der Waals surface area contributed by atoms with Gasteiger partial charge in [0.15, 0.2) is 0 Å². The molecule has 1 aromatic carbocycles. The van der Waals surface area contributed by atoms with Crippen LogP contribution < -0.4 is 4.74 Å². The maximum atomic E-state index is 6.04. The first-order valence-corrected chi connectivity index (χ1v) is 15.9. The highest BCUT2D eigenvalue weighted by Crippen LogP contribution is 2.29. The van der Waals surface area contributed by atoms with Crippen LogP contribution in [0, 0.1) is 14.1 Å². The Morgan fingerprint density at radius 3 is 1.19 bits per heavy atom. The van der Waals surface area contributed by atoms with Crippen molar-refractivity contribution >= 4 is 45.2 Å². The second kappa shape index (κ2) is 22.0. The average Bonchev–Trinajstić information content (AvgIpc) is 2.76. The number of unbranched alkanes of at least 4 members (excludes halogenated alkanes) is 19. The van der Waals surface area contributed by atoms with E-state index >= 15 is 0 Å². The molecule has 0 aliphatic rings. The van der Waals surface area contributed by atoms with Crippen LogP contribution in [-0.2, 0) is 0 Å². The zero-order valence-corrected chi connectivity index (χ0v) is 25.5. The lowest BCUT2D eigenvalue weighted by atomic mass is 10.0. The summed E-state index contributed by atoms with van der Waals surface area (Å²) in [6.07, 6.45) is 28.5. The van der Waals surface area contributed by atoms with Crippen molar-refractivity contribution in [3.05, 3.63) is 24.8 Å². The summed E-state index contributed by atoms with van der Waals surface area (Å²) in [4.78, 5) is 0. The summed E-state index contributed by atoms with van der Waals surface area (Å²) in [6.45, 7) is 5.30. The molecule has 0 saturated heterocycles. The Kier molecular flexibility index (Phi) is 21.0. The summed E-state index contributed by atoms with van der Waals surface area (Å²) < 4.78 is 8.52. The number of hydrogen-bond acceptors (Lipinski definition) is 1. The molecule has 0 aliphatic heterocycles. The smallest absolute Gasteiger partial charge is 0.145 e. The molecule has 0 N–H and O–H groups in total. The summed E-state index contributed by atoms with van der Waals surface area (Å²) >= 11 is 4.78. The predicted molar refractivity (Wildman–Crippen MR) is 160 cm³/mol. The summed E-state index contributed by atoms with van der Waals surface area (Å²) in [5.41, 5.74) is 1.31. The van der Waals surface area contributed by atoms with E-state index in [4.69, 9.17) is 4.74 Å². The molecule has 0 saturated carbocycles. The van der Waals surface area contributed by atoms with Gasteiger partial charge >= 0.3 is 0 Å². The topological polar surface area (TPSA) is 9.23 Å². The quantitative estimate of drug-likeness (QED) is 0.0883. The fourth-order valence-electron chi connectivity index (χ4n) is 4.36. The third-order valence-corrected chi connectivity index (χ3v) is 7.99. The van der Waals surface area contributed by atoms with E-state index in [1.807, 2.05) is 0 Å². The van der Waals surface area contributed by atoms with Crippen LogP contribution in [0.3, 0.4) is 0 Å². The Hall–Kier alpha value is 0.480. The van der Waals surface area contributed by atoms with Crippen LogP contribution in [0.25, 0.3) is 0 Å². The maximum Gasteiger partial charge on any atom is 0.145 e. The highest BCUT2D eigenvalue weighted by atomic mass is 127.